The molecule has 0 aromatic heterocycles. The molecule has 3 nitrogen and oxygen atoms in total. The fourth-order valence-electron chi connectivity index (χ4n) is 6.20. The van der Waals surface area contributed by atoms with Gasteiger partial charge in [-0.25, -0.2) is 0 Å². The molecule has 6 fully saturated rings. The van der Waals surface area contributed by atoms with Gasteiger partial charge in [0.15, 0.2) is 0 Å². The van der Waals surface area contributed by atoms with Crippen molar-refractivity contribution in [3.63, 3.8) is 0 Å². The van der Waals surface area contributed by atoms with Gasteiger partial charge in [-0.3, -0.25) is 4.79 Å². The van der Waals surface area contributed by atoms with Gasteiger partial charge in [0.25, 0.3) is 0 Å². The van der Waals surface area contributed by atoms with Crippen molar-refractivity contribution in [2.45, 2.75) is 12.5 Å². The zero-order valence-corrected chi connectivity index (χ0v) is 7.77. The van der Waals surface area contributed by atoms with Crippen molar-refractivity contribution < 1.29 is 14.3 Å². The standard InChI is InChI=1S/C11H10O3/c1-3(13)14-11-7-4-8(11)6-9(11)5(7)10(4,6)2-12/h2,4-9H,1H3. The molecule has 14 heavy (non-hydrogen) atoms. The van der Waals surface area contributed by atoms with E-state index >= 15 is 0 Å². The van der Waals surface area contributed by atoms with E-state index in [2.05, 4.69) is 0 Å². The Hall–Kier alpha value is -0.860. The van der Waals surface area contributed by atoms with Crippen molar-refractivity contribution in [1.82, 2.24) is 0 Å². The Labute approximate surface area is 80.8 Å². The first-order chi connectivity index (χ1) is 6.71. The molecule has 3 heteroatoms. The molecular weight excluding hydrogens is 180 g/mol. The van der Waals surface area contributed by atoms with Crippen LogP contribution in [0.1, 0.15) is 6.92 Å². The van der Waals surface area contributed by atoms with Gasteiger partial charge in [-0.05, 0) is 17.8 Å². The number of aldehydes is 1. The van der Waals surface area contributed by atoms with E-state index in [1.165, 1.54) is 13.2 Å². The van der Waals surface area contributed by atoms with Crippen LogP contribution in [0.4, 0.5) is 0 Å². The van der Waals surface area contributed by atoms with Gasteiger partial charge in [0.05, 0.1) is 0 Å². The Bertz CT molecular complexity index is 371. The molecule has 72 valence electrons. The van der Waals surface area contributed by atoms with Gasteiger partial charge >= 0.3 is 5.97 Å². The molecule has 0 aromatic carbocycles. The largest absolute Gasteiger partial charge is 0.458 e. The van der Waals surface area contributed by atoms with Gasteiger partial charge in [0, 0.05) is 30.1 Å². The highest BCUT2D eigenvalue weighted by Crippen LogP contribution is 3.07. The second-order valence-electron chi connectivity index (χ2n) is 5.72. The number of carbonyl (C=O) groups is 2. The molecule has 0 unspecified atom stereocenters. The predicted molar refractivity (Wildman–Crippen MR) is 43.9 cm³/mol. The summed E-state index contributed by atoms with van der Waals surface area (Å²) in [5, 5.41) is 0. The quantitative estimate of drug-likeness (QED) is 0.462. The summed E-state index contributed by atoms with van der Waals surface area (Å²) >= 11 is 0. The number of carbonyl (C=O) groups excluding carboxylic acids is 2. The molecule has 0 aliphatic heterocycles. The number of esters is 1. The number of hydrogen-bond acceptors (Lipinski definition) is 3. The van der Waals surface area contributed by atoms with E-state index in [4.69, 9.17) is 4.74 Å². The monoisotopic (exact) mass is 190 g/mol. The molecule has 0 N–H and O–H groups in total. The summed E-state index contributed by atoms with van der Waals surface area (Å²) in [5.74, 6) is 3.43. The van der Waals surface area contributed by atoms with Crippen molar-refractivity contribution >= 4 is 12.3 Å². The van der Waals surface area contributed by atoms with E-state index in [0.717, 1.165) is 0 Å². The molecule has 0 heterocycles. The third-order valence-corrected chi connectivity index (χ3v) is 6.14. The predicted octanol–water partition coefficient (Wildman–Crippen LogP) is 0.239. The van der Waals surface area contributed by atoms with Crippen LogP contribution in [0.5, 0.6) is 0 Å². The summed E-state index contributed by atoms with van der Waals surface area (Å²) in [6, 6.07) is 0. The molecule has 0 bridgehead atoms. The van der Waals surface area contributed by atoms with Crippen molar-refractivity contribution in [3.8, 4) is 0 Å². The van der Waals surface area contributed by atoms with E-state index in [-0.39, 0.29) is 17.0 Å². The maximum atomic E-state index is 11.0. The third-order valence-electron chi connectivity index (χ3n) is 6.14. The van der Waals surface area contributed by atoms with E-state index in [1.807, 2.05) is 0 Å². The first kappa shape index (κ1) is 6.59. The Kier molecular flexibility index (Phi) is 0.609. The highest BCUT2D eigenvalue weighted by molar-refractivity contribution is 5.80. The second kappa shape index (κ2) is 1.29. The van der Waals surface area contributed by atoms with Gasteiger partial charge in [-0.2, -0.15) is 0 Å². The van der Waals surface area contributed by atoms with Crippen LogP contribution in [0.3, 0.4) is 0 Å². The average Bonchev–Trinajstić information content (AvgIpc) is 2.18. The SMILES string of the molecule is CC(=O)OC12C3C4C1C1C2C3C41C=O. The molecule has 6 aliphatic rings. The topological polar surface area (TPSA) is 43.4 Å². The molecule has 6 aliphatic carbocycles. The van der Waals surface area contributed by atoms with Gasteiger partial charge < -0.3 is 9.53 Å². The number of hydrogen-bond donors (Lipinski definition) is 0. The molecule has 0 spiro atoms. The first-order valence-electron chi connectivity index (χ1n) is 5.37. The van der Waals surface area contributed by atoms with Crippen LogP contribution in [0.2, 0.25) is 0 Å². The van der Waals surface area contributed by atoms with Gasteiger partial charge in [0.1, 0.15) is 11.9 Å². The van der Waals surface area contributed by atoms with Gasteiger partial charge in [-0.1, -0.05) is 0 Å². The number of ether oxygens (including phenoxy) is 1. The summed E-state index contributed by atoms with van der Waals surface area (Å²) in [6.07, 6.45) is 1.20. The smallest absolute Gasteiger partial charge is 0.303 e. The van der Waals surface area contributed by atoms with Crippen molar-refractivity contribution in [2.75, 3.05) is 0 Å². The average molecular weight is 190 g/mol. The lowest BCUT2D eigenvalue weighted by Crippen LogP contribution is -3.13. The fraction of sp³-hybridized carbons (Fsp3) is 0.818. The zero-order chi connectivity index (χ0) is 9.46. The van der Waals surface area contributed by atoms with E-state index in [0.29, 0.717) is 35.5 Å². The number of rotatable bonds is 2. The minimum absolute atomic E-state index is 0.0450. The summed E-state index contributed by atoms with van der Waals surface area (Å²) in [6.45, 7) is 1.50. The summed E-state index contributed by atoms with van der Waals surface area (Å²) in [5.41, 5.74) is 0.0541. The Morgan fingerprint density at radius 2 is 1.64 bits per heavy atom. The molecule has 6 saturated carbocycles. The molecule has 6 rings (SSSR count). The maximum Gasteiger partial charge on any atom is 0.303 e. The van der Waals surface area contributed by atoms with Crippen LogP contribution in [0.25, 0.3) is 0 Å². The summed E-state index contributed by atoms with van der Waals surface area (Å²) in [4.78, 5) is 22.0. The summed E-state index contributed by atoms with van der Waals surface area (Å²) in [7, 11) is 0. The second-order valence-corrected chi connectivity index (χ2v) is 5.72. The minimum Gasteiger partial charge on any atom is -0.458 e. The Morgan fingerprint density at radius 1 is 1.14 bits per heavy atom. The van der Waals surface area contributed by atoms with E-state index in [1.54, 1.807) is 0 Å². The molecule has 0 radical (unpaired) electrons. The lowest BCUT2D eigenvalue weighted by Gasteiger charge is -3.08. The fourth-order valence-corrected chi connectivity index (χ4v) is 6.20. The van der Waals surface area contributed by atoms with Crippen LogP contribution in [0, 0.1) is 40.9 Å². The normalized spacial score (nSPS) is 76.6. The lowest BCUT2D eigenvalue weighted by molar-refractivity contribution is -0.641. The molecule has 0 amide bonds. The van der Waals surface area contributed by atoms with Gasteiger partial charge in [-0.15, -0.1) is 0 Å². The summed E-state index contributed by atoms with van der Waals surface area (Å²) < 4.78 is 5.49. The third kappa shape index (κ3) is 0.254. The lowest BCUT2D eigenvalue weighted by atomic mass is 8.95. The van der Waals surface area contributed by atoms with Crippen molar-refractivity contribution in [2.24, 2.45) is 40.9 Å². The molecule has 0 atom stereocenters. The molecule has 0 saturated heterocycles. The zero-order valence-electron chi connectivity index (χ0n) is 7.77. The van der Waals surface area contributed by atoms with Crippen LogP contribution < -0.4 is 0 Å². The first-order valence-corrected chi connectivity index (χ1v) is 5.37. The molecule has 0 aromatic rings. The van der Waals surface area contributed by atoms with Crippen LogP contribution in [-0.2, 0) is 14.3 Å². The van der Waals surface area contributed by atoms with E-state index in [9.17, 15) is 9.59 Å². The van der Waals surface area contributed by atoms with Crippen molar-refractivity contribution in [3.05, 3.63) is 0 Å². The van der Waals surface area contributed by atoms with Crippen molar-refractivity contribution in [1.29, 1.82) is 0 Å². The van der Waals surface area contributed by atoms with Gasteiger partial charge in [0.2, 0.25) is 0 Å². The minimum atomic E-state index is -0.138. The Balaban J connectivity index is 1.56. The Morgan fingerprint density at radius 3 is 2.00 bits per heavy atom. The highest BCUT2D eigenvalue weighted by Gasteiger charge is 3.12. The van der Waals surface area contributed by atoms with Crippen LogP contribution >= 0.6 is 0 Å². The van der Waals surface area contributed by atoms with Crippen LogP contribution in [-0.4, -0.2) is 17.9 Å². The van der Waals surface area contributed by atoms with E-state index < -0.39 is 0 Å². The highest BCUT2D eigenvalue weighted by atomic mass is 16.6. The maximum absolute atomic E-state index is 11.0. The van der Waals surface area contributed by atoms with Crippen LogP contribution in [0.15, 0.2) is 0 Å². The molecular formula is C11H10O3.